The summed E-state index contributed by atoms with van der Waals surface area (Å²) in [7, 11) is 0. The van der Waals surface area contributed by atoms with Crippen LogP contribution in [0, 0.1) is 6.92 Å². The molecular formula is C19H16N4O2. The second kappa shape index (κ2) is 6.24. The quantitative estimate of drug-likeness (QED) is 0.623. The normalized spacial score (nSPS) is 10.9. The monoisotopic (exact) mass is 332 g/mol. The van der Waals surface area contributed by atoms with Gasteiger partial charge in [-0.3, -0.25) is 9.89 Å². The largest absolute Gasteiger partial charge is 0.471 e. The molecule has 1 aromatic carbocycles. The van der Waals surface area contributed by atoms with Crippen LogP contribution in [0.3, 0.4) is 0 Å². The molecule has 3 heterocycles. The van der Waals surface area contributed by atoms with Crippen molar-refractivity contribution < 1.29 is 4.74 Å². The van der Waals surface area contributed by atoms with Gasteiger partial charge in [0.15, 0.2) is 5.65 Å². The summed E-state index contributed by atoms with van der Waals surface area (Å²) in [6.07, 6.45) is 3.44. The van der Waals surface area contributed by atoms with Gasteiger partial charge >= 0.3 is 0 Å². The molecular weight excluding hydrogens is 316 g/mol. The molecule has 4 aromatic rings. The molecule has 0 spiro atoms. The summed E-state index contributed by atoms with van der Waals surface area (Å²) in [4.78, 5) is 21.0. The predicted octanol–water partition coefficient (Wildman–Crippen LogP) is 2.97. The van der Waals surface area contributed by atoms with E-state index in [0.717, 1.165) is 11.1 Å². The van der Waals surface area contributed by atoms with Crippen LogP contribution in [-0.4, -0.2) is 19.6 Å². The first-order chi connectivity index (χ1) is 12.2. The Kier molecular flexibility index (Phi) is 3.78. The van der Waals surface area contributed by atoms with Crippen molar-refractivity contribution in [3.8, 4) is 17.0 Å². The van der Waals surface area contributed by atoms with E-state index in [0.29, 0.717) is 17.2 Å². The second-order valence-corrected chi connectivity index (χ2v) is 5.75. The van der Waals surface area contributed by atoms with Crippen LogP contribution in [0.5, 0.6) is 5.88 Å². The summed E-state index contributed by atoms with van der Waals surface area (Å²) in [5.74, 6) is 0.498. The zero-order valence-electron chi connectivity index (χ0n) is 13.6. The summed E-state index contributed by atoms with van der Waals surface area (Å²) < 4.78 is 7.03. The molecule has 4 rings (SSSR count). The highest BCUT2D eigenvalue weighted by Crippen LogP contribution is 2.23. The lowest BCUT2D eigenvalue weighted by atomic mass is 10.1. The minimum Gasteiger partial charge on any atom is -0.471 e. The molecule has 0 fully saturated rings. The maximum atomic E-state index is 12.3. The summed E-state index contributed by atoms with van der Waals surface area (Å²) in [6, 6.07) is 15.0. The molecule has 6 heteroatoms. The highest BCUT2D eigenvalue weighted by Gasteiger charge is 2.11. The number of nitrogens with zero attached hydrogens (tertiary/aromatic N) is 3. The fraction of sp³-hybridized carbons (Fsp3) is 0.105. The lowest BCUT2D eigenvalue weighted by Crippen LogP contribution is -2.16. The van der Waals surface area contributed by atoms with Crippen molar-refractivity contribution in [2.45, 2.75) is 13.5 Å². The molecule has 0 aliphatic rings. The standard InChI is InChI=1S/C19H16N4O2/c1-13-5-7-14(8-6-13)16-11-21-23-18(24)10-15(22-19(16)23)12-25-17-4-2-3-9-20-17/h2-11,21H,12H2,1H3. The van der Waals surface area contributed by atoms with Crippen LogP contribution < -0.4 is 10.3 Å². The first-order valence-electron chi connectivity index (χ1n) is 7.92. The smallest absolute Gasteiger partial charge is 0.273 e. The number of fused-ring (bicyclic) bond motifs is 1. The van der Waals surface area contributed by atoms with Crippen LogP contribution in [0.2, 0.25) is 0 Å². The van der Waals surface area contributed by atoms with E-state index in [4.69, 9.17) is 4.74 Å². The molecule has 0 unspecified atom stereocenters. The zero-order valence-corrected chi connectivity index (χ0v) is 13.6. The molecule has 0 bridgehead atoms. The van der Waals surface area contributed by atoms with Crippen molar-refractivity contribution in [1.29, 1.82) is 0 Å². The van der Waals surface area contributed by atoms with Crippen LogP contribution in [0.1, 0.15) is 11.3 Å². The summed E-state index contributed by atoms with van der Waals surface area (Å²) in [5.41, 5.74) is 4.01. The van der Waals surface area contributed by atoms with Crippen molar-refractivity contribution in [3.63, 3.8) is 0 Å². The lowest BCUT2D eigenvalue weighted by molar-refractivity contribution is 0.289. The number of H-pyrrole nitrogens is 1. The SMILES string of the molecule is Cc1ccc(-c2c[nH]n3c(=O)cc(COc4ccccn4)nc23)cc1. The van der Waals surface area contributed by atoms with E-state index in [1.165, 1.54) is 16.1 Å². The fourth-order valence-electron chi connectivity index (χ4n) is 2.63. The first-order valence-corrected chi connectivity index (χ1v) is 7.92. The van der Waals surface area contributed by atoms with Gasteiger partial charge in [0, 0.05) is 30.1 Å². The molecule has 124 valence electrons. The Morgan fingerprint density at radius 3 is 2.76 bits per heavy atom. The number of rotatable bonds is 4. The number of aryl methyl sites for hydroxylation is 1. The van der Waals surface area contributed by atoms with Crippen LogP contribution in [0.25, 0.3) is 16.8 Å². The summed E-state index contributed by atoms with van der Waals surface area (Å²) in [5, 5.41) is 2.96. The zero-order chi connectivity index (χ0) is 17.2. The molecule has 6 nitrogen and oxygen atoms in total. The van der Waals surface area contributed by atoms with Gasteiger partial charge in [-0.1, -0.05) is 35.9 Å². The van der Waals surface area contributed by atoms with E-state index in [-0.39, 0.29) is 12.2 Å². The first kappa shape index (κ1) is 15.1. The maximum absolute atomic E-state index is 12.3. The molecule has 1 N–H and O–H groups in total. The summed E-state index contributed by atoms with van der Waals surface area (Å²) >= 11 is 0. The minimum absolute atomic E-state index is 0.178. The van der Waals surface area contributed by atoms with Crippen LogP contribution in [0.15, 0.2) is 65.7 Å². The molecule has 0 aliphatic heterocycles. The van der Waals surface area contributed by atoms with E-state index >= 15 is 0 Å². The molecule has 0 atom stereocenters. The number of ether oxygens (including phenoxy) is 1. The number of pyridine rings is 1. The van der Waals surface area contributed by atoms with E-state index in [1.807, 2.05) is 43.3 Å². The Morgan fingerprint density at radius 2 is 2.00 bits per heavy atom. The van der Waals surface area contributed by atoms with Gasteiger partial charge in [0.25, 0.3) is 5.56 Å². The molecule has 0 aliphatic carbocycles. The van der Waals surface area contributed by atoms with Gasteiger partial charge in [0.1, 0.15) is 6.61 Å². The van der Waals surface area contributed by atoms with Crippen molar-refractivity contribution >= 4 is 5.65 Å². The molecule has 0 saturated carbocycles. The lowest BCUT2D eigenvalue weighted by Gasteiger charge is -2.05. The number of aromatic amines is 1. The Balaban J connectivity index is 1.71. The van der Waals surface area contributed by atoms with Crippen molar-refractivity contribution in [3.05, 3.63) is 82.5 Å². The average Bonchev–Trinajstić information content (AvgIpc) is 3.06. The number of nitrogens with one attached hydrogen (secondary N) is 1. The summed E-state index contributed by atoms with van der Waals surface area (Å²) in [6.45, 7) is 2.22. The van der Waals surface area contributed by atoms with Crippen molar-refractivity contribution in [1.82, 2.24) is 19.6 Å². The van der Waals surface area contributed by atoms with Gasteiger partial charge in [-0.15, -0.1) is 0 Å². The van der Waals surface area contributed by atoms with Crippen molar-refractivity contribution in [2.75, 3.05) is 0 Å². The number of hydrogen-bond donors (Lipinski definition) is 1. The molecule has 0 amide bonds. The Hall–Kier alpha value is -3.41. The maximum Gasteiger partial charge on any atom is 0.273 e. The number of aromatic nitrogens is 4. The minimum atomic E-state index is -0.178. The van der Waals surface area contributed by atoms with E-state index in [1.54, 1.807) is 18.5 Å². The molecule has 0 saturated heterocycles. The third-order valence-electron chi connectivity index (χ3n) is 3.92. The van der Waals surface area contributed by atoms with Crippen molar-refractivity contribution in [2.24, 2.45) is 0 Å². The van der Waals surface area contributed by atoms with E-state index < -0.39 is 0 Å². The van der Waals surface area contributed by atoms with Gasteiger partial charge in [0.05, 0.1) is 5.69 Å². The van der Waals surface area contributed by atoms with Gasteiger partial charge in [0.2, 0.25) is 5.88 Å². The highest BCUT2D eigenvalue weighted by molar-refractivity contribution is 5.77. The third kappa shape index (κ3) is 3.01. The molecule has 0 radical (unpaired) electrons. The molecule has 25 heavy (non-hydrogen) atoms. The van der Waals surface area contributed by atoms with Gasteiger partial charge < -0.3 is 4.74 Å². The van der Waals surface area contributed by atoms with Gasteiger partial charge in [-0.25, -0.2) is 14.5 Å². The Labute approximate surface area is 143 Å². The van der Waals surface area contributed by atoms with Gasteiger partial charge in [-0.2, -0.15) is 0 Å². The highest BCUT2D eigenvalue weighted by atomic mass is 16.5. The van der Waals surface area contributed by atoms with Crippen LogP contribution in [-0.2, 0) is 6.61 Å². The van der Waals surface area contributed by atoms with Crippen LogP contribution in [0.4, 0.5) is 0 Å². The second-order valence-electron chi connectivity index (χ2n) is 5.75. The molecule has 3 aromatic heterocycles. The predicted molar refractivity (Wildman–Crippen MR) is 94.6 cm³/mol. The van der Waals surface area contributed by atoms with E-state index in [9.17, 15) is 4.79 Å². The Morgan fingerprint density at radius 1 is 1.16 bits per heavy atom. The number of benzene rings is 1. The topological polar surface area (TPSA) is 72.3 Å². The Bertz CT molecular complexity index is 1070. The van der Waals surface area contributed by atoms with E-state index in [2.05, 4.69) is 15.1 Å². The fourth-order valence-corrected chi connectivity index (χ4v) is 2.63. The third-order valence-corrected chi connectivity index (χ3v) is 3.92. The average molecular weight is 332 g/mol. The van der Waals surface area contributed by atoms with Gasteiger partial charge in [-0.05, 0) is 18.6 Å². The van der Waals surface area contributed by atoms with Crippen LogP contribution >= 0.6 is 0 Å². The number of hydrogen-bond acceptors (Lipinski definition) is 4.